The lowest BCUT2D eigenvalue weighted by Crippen LogP contribution is -2.22. The summed E-state index contributed by atoms with van der Waals surface area (Å²) >= 11 is 9.94. The molecule has 0 aliphatic heterocycles. The highest BCUT2D eigenvalue weighted by atomic mass is 35.5. The number of aliphatic carboxylic acids is 1. The average Bonchev–Trinajstić information content (AvgIpc) is 2.22. The summed E-state index contributed by atoms with van der Waals surface area (Å²) in [7, 11) is 0. The molecule has 0 radical (unpaired) electrons. The predicted molar refractivity (Wildman–Crippen MR) is 71.2 cm³/mol. The molecule has 0 fully saturated rings. The Balaban J connectivity index is 3.22. The molecular weight excluding hydrogens is 262 g/mol. The van der Waals surface area contributed by atoms with E-state index in [1.54, 1.807) is 12.1 Å². The molecule has 17 heavy (non-hydrogen) atoms. The molecule has 0 heterocycles. The Morgan fingerprint density at radius 1 is 1.53 bits per heavy atom. The molecule has 0 unspecified atom stereocenters. The molecule has 1 aromatic carbocycles. The monoisotopic (exact) mass is 273 g/mol. The van der Waals surface area contributed by atoms with Gasteiger partial charge >= 0.3 is 5.97 Å². The molecule has 0 aromatic heterocycles. The maximum absolute atomic E-state index is 11.0. The van der Waals surface area contributed by atoms with Crippen molar-refractivity contribution in [3.8, 4) is 0 Å². The van der Waals surface area contributed by atoms with Crippen LogP contribution in [0.25, 0.3) is 0 Å². The van der Waals surface area contributed by atoms with Crippen molar-refractivity contribution >= 4 is 41.8 Å². The van der Waals surface area contributed by atoms with Gasteiger partial charge in [0.05, 0.1) is 11.6 Å². The van der Waals surface area contributed by atoms with Crippen LogP contribution in [-0.2, 0) is 4.79 Å². The summed E-state index contributed by atoms with van der Waals surface area (Å²) in [5.74, 6) is -1.75. The zero-order chi connectivity index (χ0) is 13.0. The number of rotatable bonds is 4. The van der Waals surface area contributed by atoms with Crippen LogP contribution in [-0.4, -0.2) is 22.8 Å². The van der Waals surface area contributed by atoms with Crippen molar-refractivity contribution in [2.45, 2.75) is 5.92 Å². The van der Waals surface area contributed by atoms with Gasteiger partial charge < -0.3 is 16.6 Å². The Bertz CT molecular complexity index is 461. The van der Waals surface area contributed by atoms with Gasteiger partial charge in [0.2, 0.25) is 0 Å². The van der Waals surface area contributed by atoms with Crippen LogP contribution in [0, 0.1) is 0 Å². The summed E-state index contributed by atoms with van der Waals surface area (Å²) in [6.45, 7) is 0. The summed E-state index contributed by atoms with van der Waals surface area (Å²) in [4.78, 5) is 14.9. The van der Waals surface area contributed by atoms with Crippen LogP contribution in [0.4, 0.5) is 5.69 Å². The van der Waals surface area contributed by atoms with Gasteiger partial charge in [-0.05, 0) is 23.8 Å². The average molecular weight is 274 g/mol. The van der Waals surface area contributed by atoms with E-state index in [9.17, 15) is 4.79 Å². The number of carboxylic acids is 1. The zero-order valence-corrected chi connectivity index (χ0v) is 10.4. The Morgan fingerprint density at radius 3 is 2.65 bits per heavy atom. The van der Waals surface area contributed by atoms with Gasteiger partial charge in [0, 0.05) is 10.8 Å². The van der Waals surface area contributed by atoms with Gasteiger partial charge in [-0.25, -0.2) is 4.99 Å². The molecule has 1 atom stereocenters. The highest BCUT2D eigenvalue weighted by Crippen LogP contribution is 2.29. The summed E-state index contributed by atoms with van der Waals surface area (Å²) < 4.78 is 0. The number of thiol groups is 1. The second kappa shape index (κ2) is 5.79. The molecule has 92 valence electrons. The number of hydrogen-bond donors (Lipinski definition) is 4. The molecule has 7 heteroatoms. The molecule has 0 amide bonds. The Kier molecular flexibility index (Phi) is 4.65. The van der Waals surface area contributed by atoms with Gasteiger partial charge in [-0.2, -0.15) is 12.6 Å². The fraction of sp³-hybridized carbons (Fsp3) is 0.200. The largest absolute Gasteiger partial charge is 0.481 e. The lowest BCUT2D eigenvalue weighted by molar-refractivity contribution is -0.138. The first-order chi connectivity index (χ1) is 7.95. The van der Waals surface area contributed by atoms with Gasteiger partial charge in [0.15, 0.2) is 5.96 Å². The third-order valence-corrected chi connectivity index (χ3v) is 2.80. The van der Waals surface area contributed by atoms with E-state index in [0.29, 0.717) is 16.3 Å². The van der Waals surface area contributed by atoms with Crippen molar-refractivity contribution in [2.75, 3.05) is 5.75 Å². The fourth-order valence-corrected chi connectivity index (χ4v) is 1.93. The van der Waals surface area contributed by atoms with Crippen molar-refractivity contribution in [1.29, 1.82) is 0 Å². The molecule has 0 bridgehead atoms. The number of halogens is 1. The van der Waals surface area contributed by atoms with Gasteiger partial charge in [-0.3, -0.25) is 4.79 Å². The molecule has 0 aliphatic rings. The van der Waals surface area contributed by atoms with Gasteiger partial charge in [-0.15, -0.1) is 0 Å². The molecule has 0 spiro atoms. The van der Waals surface area contributed by atoms with Gasteiger partial charge in [-0.1, -0.05) is 11.6 Å². The van der Waals surface area contributed by atoms with E-state index in [4.69, 9.17) is 28.2 Å². The quantitative estimate of drug-likeness (QED) is 0.378. The van der Waals surface area contributed by atoms with E-state index in [-0.39, 0.29) is 11.7 Å². The predicted octanol–water partition coefficient (Wildman–Crippen LogP) is 1.34. The standard InChI is InChI=1S/C10H12ClN3O2S/c11-8-2-1-5(14-10(12)13)3-6(8)7(4-17)9(15)16/h1-3,7,17H,4H2,(H,15,16)(H4,12,13,14)/t7-/m1/s1. The number of nitrogens with zero attached hydrogens (tertiary/aromatic N) is 1. The minimum Gasteiger partial charge on any atom is -0.481 e. The van der Waals surface area contributed by atoms with Crippen LogP contribution < -0.4 is 11.5 Å². The molecule has 5 nitrogen and oxygen atoms in total. The molecule has 0 saturated carbocycles. The summed E-state index contributed by atoms with van der Waals surface area (Å²) in [6, 6.07) is 4.69. The number of nitrogens with two attached hydrogens (primary N) is 2. The molecule has 1 rings (SSSR count). The summed E-state index contributed by atoms with van der Waals surface area (Å²) in [6.07, 6.45) is 0. The molecule has 0 saturated heterocycles. The maximum atomic E-state index is 11.0. The first-order valence-electron chi connectivity index (χ1n) is 4.68. The molecule has 0 aliphatic carbocycles. The topological polar surface area (TPSA) is 102 Å². The molecule has 1 aromatic rings. The second-order valence-corrected chi connectivity index (χ2v) is 4.09. The van der Waals surface area contributed by atoms with E-state index in [0.717, 1.165) is 0 Å². The number of guanidine groups is 1. The van der Waals surface area contributed by atoms with E-state index in [2.05, 4.69) is 17.6 Å². The third-order valence-electron chi connectivity index (χ3n) is 2.09. The van der Waals surface area contributed by atoms with E-state index in [1.807, 2.05) is 0 Å². The van der Waals surface area contributed by atoms with Crippen LogP contribution in [0.2, 0.25) is 5.02 Å². The highest BCUT2D eigenvalue weighted by Gasteiger charge is 2.21. The molecular formula is C10H12ClN3O2S. The van der Waals surface area contributed by atoms with E-state index in [1.165, 1.54) is 6.07 Å². The molecule has 5 N–H and O–H groups in total. The summed E-state index contributed by atoms with van der Waals surface area (Å²) in [5, 5.41) is 9.38. The number of hydrogen-bond acceptors (Lipinski definition) is 3. The van der Waals surface area contributed by atoms with Crippen molar-refractivity contribution in [1.82, 2.24) is 0 Å². The third kappa shape index (κ3) is 3.54. The van der Waals surface area contributed by atoms with E-state index < -0.39 is 11.9 Å². The SMILES string of the molecule is NC(N)=Nc1ccc(Cl)c([C@@H](CS)C(=O)O)c1. The minimum absolute atomic E-state index is 0.101. The maximum Gasteiger partial charge on any atom is 0.311 e. The van der Waals surface area contributed by atoms with Crippen LogP contribution in [0.5, 0.6) is 0 Å². The number of carboxylic acid groups (broad SMARTS) is 1. The van der Waals surface area contributed by atoms with Crippen molar-refractivity contribution in [3.05, 3.63) is 28.8 Å². The minimum atomic E-state index is -0.997. The lowest BCUT2D eigenvalue weighted by atomic mass is 10.0. The Hall–Kier alpha value is -1.40. The van der Waals surface area contributed by atoms with Crippen LogP contribution in [0.1, 0.15) is 11.5 Å². The van der Waals surface area contributed by atoms with Crippen LogP contribution >= 0.6 is 24.2 Å². The Labute approximate surface area is 109 Å². The van der Waals surface area contributed by atoms with Crippen molar-refractivity contribution in [2.24, 2.45) is 16.5 Å². The lowest BCUT2D eigenvalue weighted by Gasteiger charge is -2.12. The van der Waals surface area contributed by atoms with E-state index >= 15 is 0 Å². The van der Waals surface area contributed by atoms with Crippen molar-refractivity contribution in [3.63, 3.8) is 0 Å². The number of aliphatic imine (C=N–C) groups is 1. The zero-order valence-electron chi connectivity index (χ0n) is 8.80. The Morgan fingerprint density at radius 2 is 2.18 bits per heavy atom. The number of carbonyl (C=O) groups is 1. The van der Waals surface area contributed by atoms with Crippen LogP contribution in [0.15, 0.2) is 23.2 Å². The first-order valence-corrected chi connectivity index (χ1v) is 5.69. The summed E-state index contributed by atoms with van der Waals surface area (Å²) in [5.41, 5.74) is 11.4. The van der Waals surface area contributed by atoms with Crippen molar-refractivity contribution < 1.29 is 9.90 Å². The van der Waals surface area contributed by atoms with Gasteiger partial charge in [0.1, 0.15) is 0 Å². The first kappa shape index (κ1) is 13.7. The number of benzene rings is 1. The second-order valence-electron chi connectivity index (χ2n) is 3.32. The smallest absolute Gasteiger partial charge is 0.311 e. The highest BCUT2D eigenvalue weighted by molar-refractivity contribution is 7.80. The normalized spacial score (nSPS) is 11.9. The van der Waals surface area contributed by atoms with Crippen LogP contribution in [0.3, 0.4) is 0 Å². The van der Waals surface area contributed by atoms with Gasteiger partial charge in [0.25, 0.3) is 0 Å². The fourth-order valence-electron chi connectivity index (χ4n) is 1.33.